The van der Waals surface area contributed by atoms with Crippen LogP contribution in [0.15, 0.2) is 24.3 Å². The van der Waals surface area contributed by atoms with Gasteiger partial charge < -0.3 is 14.8 Å². The number of esters is 1. The van der Waals surface area contributed by atoms with Gasteiger partial charge >= 0.3 is 5.97 Å². The van der Waals surface area contributed by atoms with Crippen molar-refractivity contribution < 1.29 is 23.5 Å². The molecule has 5 nitrogen and oxygen atoms in total. The summed E-state index contributed by atoms with van der Waals surface area (Å²) >= 11 is 0. The van der Waals surface area contributed by atoms with Crippen molar-refractivity contribution in [1.82, 2.24) is 5.32 Å². The zero-order chi connectivity index (χ0) is 12.7. The minimum atomic E-state index is -0.566. The van der Waals surface area contributed by atoms with Crippen molar-refractivity contribution in [3.8, 4) is 5.75 Å². The first-order chi connectivity index (χ1) is 8.13. The average molecular weight is 241 g/mol. The number of benzene rings is 1. The molecule has 1 N–H and O–H groups in total. The van der Waals surface area contributed by atoms with E-state index in [1.54, 1.807) is 6.07 Å². The number of para-hydroxylation sites is 1. The molecule has 0 aliphatic heterocycles. The van der Waals surface area contributed by atoms with E-state index in [1.165, 1.54) is 25.3 Å². The van der Waals surface area contributed by atoms with E-state index in [4.69, 9.17) is 4.74 Å². The highest BCUT2D eigenvalue weighted by atomic mass is 19.1. The van der Waals surface area contributed by atoms with Crippen LogP contribution in [0.5, 0.6) is 5.75 Å². The molecule has 0 aliphatic rings. The Balaban J connectivity index is 2.34. The summed E-state index contributed by atoms with van der Waals surface area (Å²) in [6.45, 7) is -0.603. The minimum Gasteiger partial charge on any atom is -0.481 e. The molecule has 0 saturated heterocycles. The summed E-state index contributed by atoms with van der Waals surface area (Å²) < 4.78 is 22.3. The van der Waals surface area contributed by atoms with Crippen LogP contribution < -0.4 is 10.1 Å². The summed E-state index contributed by atoms with van der Waals surface area (Å²) in [4.78, 5) is 21.9. The second kappa shape index (κ2) is 6.47. The Morgan fingerprint density at radius 1 is 1.35 bits per heavy atom. The van der Waals surface area contributed by atoms with Gasteiger partial charge in [0.1, 0.15) is 6.54 Å². The molecular weight excluding hydrogens is 229 g/mol. The number of ether oxygens (including phenoxy) is 2. The SMILES string of the molecule is COC(=O)CNC(=O)COc1ccccc1F. The number of hydrogen-bond acceptors (Lipinski definition) is 4. The highest BCUT2D eigenvalue weighted by molar-refractivity contribution is 5.82. The van der Waals surface area contributed by atoms with E-state index < -0.39 is 17.7 Å². The maximum absolute atomic E-state index is 13.1. The summed E-state index contributed by atoms with van der Waals surface area (Å²) in [6, 6.07) is 5.73. The zero-order valence-corrected chi connectivity index (χ0v) is 9.23. The number of hydrogen-bond donors (Lipinski definition) is 1. The second-order valence-corrected chi connectivity index (χ2v) is 3.07. The number of carbonyl (C=O) groups is 2. The van der Waals surface area contributed by atoms with Gasteiger partial charge in [-0.1, -0.05) is 12.1 Å². The van der Waals surface area contributed by atoms with Crippen molar-refractivity contribution >= 4 is 11.9 Å². The molecule has 0 bridgehead atoms. The molecule has 0 aliphatic carbocycles. The van der Waals surface area contributed by atoms with Gasteiger partial charge in [-0.2, -0.15) is 0 Å². The standard InChI is InChI=1S/C11H12FNO4/c1-16-11(15)6-13-10(14)7-17-9-5-3-2-4-8(9)12/h2-5H,6-7H2,1H3,(H,13,14). The van der Waals surface area contributed by atoms with Crippen molar-refractivity contribution in [1.29, 1.82) is 0 Å². The Hall–Kier alpha value is -2.11. The summed E-state index contributed by atoms with van der Waals surface area (Å²) in [7, 11) is 1.21. The fourth-order valence-corrected chi connectivity index (χ4v) is 0.999. The molecule has 0 atom stereocenters. The first-order valence-corrected chi connectivity index (χ1v) is 4.84. The molecule has 1 aromatic rings. The largest absolute Gasteiger partial charge is 0.481 e. The number of rotatable bonds is 5. The van der Waals surface area contributed by atoms with E-state index in [-0.39, 0.29) is 18.9 Å². The monoisotopic (exact) mass is 241 g/mol. The van der Waals surface area contributed by atoms with E-state index in [1.807, 2.05) is 0 Å². The Kier molecular flexibility index (Phi) is 4.93. The van der Waals surface area contributed by atoms with Gasteiger partial charge in [0, 0.05) is 0 Å². The van der Waals surface area contributed by atoms with Crippen LogP contribution in [0.4, 0.5) is 4.39 Å². The lowest BCUT2D eigenvalue weighted by atomic mass is 10.3. The number of nitrogens with one attached hydrogen (secondary N) is 1. The smallest absolute Gasteiger partial charge is 0.325 e. The fourth-order valence-electron chi connectivity index (χ4n) is 0.999. The third-order valence-corrected chi connectivity index (χ3v) is 1.85. The maximum atomic E-state index is 13.1. The molecule has 1 aromatic carbocycles. The molecule has 0 spiro atoms. The van der Waals surface area contributed by atoms with Gasteiger partial charge in [-0.05, 0) is 12.1 Å². The Bertz CT molecular complexity index is 408. The van der Waals surface area contributed by atoms with E-state index in [2.05, 4.69) is 10.1 Å². The van der Waals surface area contributed by atoms with Crippen LogP contribution in [-0.4, -0.2) is 32.1 Å². The van der Waals surface area contributed by atoms with Crippen LogP contribution in [0.1, 0.15) is 0 Å². The molecule has 0 saturated carbocycles. The van der Waals surface area contributed by atoms with Crippen molar-refractivity contribution in [3.05, 3.63) is 30.1 Å². The average Bonchev–Trinajstić information content (AvgIpc) is 2.35. The van der Waals surface area contributed by atoms with Gasteiger partial charge in [0.25, 0.3) is 5.91 Å². The molecule has 17 heavy (non-hydrogen) atoms. The number of methoxy groups -OCH3 is 1. The van der Waals surface area contributed by atoms with Gasteiger partial charge in [-0.3, -0.25) is 9.59 Å². The molecule has 6 heteroatoms. The van der Waals surface area contributed by atoms with Gasteiger partial charge in [-0.25, -0.2) is 4.39 Å². The molecule has 0 aromatic heterocycles. The Morgan fingerprint density at radius 2 is 2.06 bits per heavy atom. The van der Waals surface area contributed by atoms with Gasteiger partial charge in [-0.15, -0.1) is 0 Å². The predicted molar refractivity (Wildman–Crippen MR) is 56.9 cm³/mol. The maximum Gasteiger partial charge on any atom is 0.325 e. The summed E-state index contributed by atoms with van der Waals surface area (Å²) in [5.74, 6) is -1.66. The molecule has 0 fully saturated rings. The molecule has 1 amide bonds. The zero-order valence-electron chi connectivity index (χ0n) is 9.23. The molecule has 0 heterocycles. The highest BCUT2D eigenvalue weighted by Gasteiger charge is 2.07. The molecule has 0 unspecified atom stereocenters. The van der Waals surface area contributed by atoms with E-state index in [9.17, 15) is 14.0 Å². The first kappa shape index (κ1) is 13.0. The van der Waals surface area contributed by atoms with E-state index in [0.29, 0.717) is 0 Å². The van der Waals surface area contributed by atoms with Crippen LogP contribution in [-0.2, 0) is 14.3 Å². The van der Waals surface area contributed by atoms with Crippen molar-refractivity contribution in [2.45, 2.75) is 0 Å². The van der Waals surface area contributed by atoms with Crippen molar-refractivity contribution in [2.24, 2.45) is 0 Å². The van der Waals surface area contributed by atoms with Crippen LogP contribution in [0.2, 0.25) is 0 Å². The molecule has 92 valence electrons. The minimum absolute atomic E-state index is 0.0132. The van der Waals surface area contributed by atoms with Crippen LogP contribution in [0.3, 0.4) is 0 Å². The summed E-state index contributed by atoms with van der Waals surface area (Å²) in [6.07, 6.45) is 0. The van der Waals surface area contributed by atoms with Crippen LogP contribution in [0.25, 0.3) is 0 Å². The summed E-state index contributed by atoms with van der Waals surface area (Å²) in [5, 5.41) is 2.26. The topological polar surface area (TPSA) is 64.6 Å². The van der Waals surface area contributed by atoms with E-state index >= 15 is 0 Å². The third-order valence-electron chi connectivity index (χ3n) is 1.85. The lowest BCUT2D eigenvalue weighted by Gasteiger charge is -2.07. The van der Waals surface area contributed by atoms with Crippen LogP contribution in [0, 0.1) is 5.82 Å². The molecule has 1 rings (SSSR count). The van der Waals surface area contributed by atoms with Gasteiger partial charge in [0.2, 0.25) is 0 Å². The molecule has 0 radical (unpaired) electrons. The Labute approximate surface area is 97.5 Å². The van der Waals surface area contributed by atoms with Crippen LogP contribution >= 0.6 is 0 Å². The van der Waals surface area contributed by atoms with Gasteiger partial charge in [0.05, 0.1) is 7.11 Å². The number of amides is 1. The van der Waals surface area contributed by atoms with Crippen molar-refractivity contribution in [2.75, 3.05) is 20.3 Å². The fraction of sp³-hybridized carbons (Fsp3) is 0.273. The van der Waals surface area contributed by atoms with Gasteiger partial charge in [0.15, 0.2) is 18.2 Å². The second-order valence-electron chi connectivity index (χ2n) is 3.07. The van der Waals surface area contributed by atoms with Crippen molar-refractivity contribution in [3.63, 3.8) is 0 Å². The lowest BCUT2D eigenvalue weighted by Crippen LogP contribution is -2.33. The van der Waals surface area contributed by atoms with E-state index in [0.717, 1.165) is 0 Å². The number of halogens is 1. The summed E-state index contributed by atoms with van der Waals surface area (Å²) in [5.41, 5.74) is 0. The normalized spacial score (nSPS) is 9.53. The number of carbonyl (C=O) groups excluding carboxylic acids is 2. The lowest BCUT2D eigenvalue weighted by molar-refractivity contribution is -0.141. The first-order valence-electron chi connectivity index (χ1n) is 4.84. The predicted octanol–water partition coefficient (Wildman–Crippen LogP) is 0.494. The molecular formula is C11H12FNO4. The quantitative estimate of drug-likeness (QED) is 0.762. The Morgan fingerprint density at radius 3 is 2.71 bits per heavy atom. The third kappa shape index (κ3) is 4.50. The highest BCUT2D eigenvalue weighted by Crippen LogP contribution is 2.14.